The standard InChI is InChI=1S/C19H18ClN3O4S2/c1-11-4-5-14(20)10-16(11)23-29(25,26)18-9-7-15(28-18)6-8-17-19(21-13(3)24)12(2)22-27-17/h4-10,23H,1-3H3,(H,21,24). The molecule has 7 nitrogen and oxygen atoms in total. The summed E-state index contributed by atoms with van der Waals surface area (Å²) in [5.74, 6) is 0.140. The van der Waals surface area contributed by atoms with Crippen molar-refractivity contribution in [2.24, 2.45) is 0 Å². The molecule has 0 saturated carbocycles. The molecule has 0 aliphatic carbocycles. The SMILES string of the molecule is CC(=O)Nc1c(C)noc1C=Cc1ccc(S(=O)(=O)Nc2cc(Cl)ccc2C)s1. The number of hydrogen-bond acceptors (Lipinski definition) is 6. The van der Waals surface area contributed by atoms with E-state index in [-0.39, 0.29) is 10.1 Å². The monoisotopic (exact) mass is 451 g/mol. The Labute approximate surface area is 177 Å². The molecule has 0 fully saturated rings. The van der Waals surface area contributed by atoms with Crippen LogP contribution in [0.4, 0.5) is 11.4 Å². The second kappa shape index (κ2) is 8.40. The Balaban J connectivity index is 1.81. The number of amides is 1. The van der Waals surface area contributed by atoms with Crippen LogP contribution < -0.4 is 10.0 Å². The highest BCUT2D eigenvalue weighted by molar-refractivity contribution is 7.94. The van der Waals surface area contributed by atoms with Crippen molar-refractivity contribution in [3.8, 4) is 0 Å². The molecule has 3 rings (SSSR count). The molecule has 0 unspecified atom stereocenters. The number of anilines is 2. The Morgan fingerprint density at radius 3 is 2.69 bits per heavy atom. The van der Waals surface area contributed by atoms with Gasteiger partial charge in [-0.2, -0.15) is 0 Å². The van der Waals surface area contributed by atoms with Gasteiger partial charge < -0.3 is 9.84 Å². The summed E-state index contributed by atoms with van der Waals surface area (Å²) in [6.07, 6.45) is 3.32. The lowest BCUT2D eigenvalue weighted by atomic mass is 10.2. The smallest absolute Gasteiger partial charge is 0.271 e. The normalized spacial score (nSPS) is 11.7. The van der Waals surface area contributed by atoms with E-state index in [9.17, 15) is 13.2 Å². The van der Waals surface area contributed by atoms with Gasteiger partial charge in [0.15, 0.2) is 5.76 Å². The van der Waals surface area contributed by atoms with E-state index >= 15 is 0 Å². The third kappa shape index (κ3) is 5.06. The molecule has 0 bridgehead atoms. The highest BCUT2D eigenvalue weighted by Gasteiger charge is 2.18. The van der Waals surface area contributed by atoms with Gasteiger partial charge in [0, 0.05) is 16.8 Å². The molecule has 2 N–H and O–H groups in total. The first-order valence-electron chi connectivity index (χ1n) is 8.46. The molecule has 1 amide bonds. The van der Waals surface area contributed by atoms with Gasteiger partial charge in [-0.15, -0.1) is 11.3 Å². The van der Waals surface area contributed by atoms with Crippen LogP contribution in [-0.4, -0.2) is 19.5 Å². The lowest BCUT2D eigenvalue weighted by Crippen LogP contribution is -2.12. The van der Waals surface area contributed by atoms with Crippen molar-refractivity contribution >= 4 is 62.4 Å². The molecule has 152 valence electrons. The first-order valence-corrected chi connectivity index (χ1v) is 11.1. The fourth-order valence-electron chi connectivity index (χ4n) is 2.45. The molecule has 0 spiro atoms. The van der Waals surface area contributed by atoms with Crippen molar-refractivity contribution in [2.45, 2.75) is 25.0 Å². The van der Waals surface area contributed by atoms with E-state index in [1.807, 2.05) is 0 Å². The number of thiophene rings is 1. The number of benzene rings is 1. The number of carbonyl (C=O) groups excluding carboxylic acids is 1. The summed E-state index contributed by atoms with van der Waals surface area (Å²) in [6.45, 7) is 4.90. The summed E-state index contributed by atoms with van der Waals surface area (Å²) in [6, 6.07) is 8.21. The fourth-order valence-corrected chi connectivity index (χ4v) is 4.98. The Kier molecular flexibility index (Phi) is 6.11. The molecule has 29 heavy (non-hydrogen) atoms. The zero-order valence-corrected chi connectivity index (χ0v) is 18.2. The van der Waals surface area contributed by atoms with Gasteiger partial charge in [0.25, 0.3) is 10.0 Å². The fraction of sp³-hybridized carbons (Fsp3) is 0.158. The lowest BCUT2D eigenvalue weighted by molar-refractivity contribution is -0.114. The average molecular weight is 452 g/mol. The van der Waals surface area contributed by atoms with E-state index < -0.39 is 10.0 Å². The van der Waals surface area contributed by atoms with Gasteiger partial charge in [-0.1, -0.05) is 22.8 Å². The number of nitrogens with zero attached hydrogens (tertiary/aromatic N) is 1. The average Bonchev–Trinajstić information content (AvgIpc) is 3.24. The number of aromatic nitrogens is 1. The van der Waals surface area contributed by atoms with Gasteiger partial charge in [-0.05, 0) is 55.8 Å². The van der Waals surface area contributed by atoms with Crippen molar-refractivity contribution in [1.82, 2.24) is 5.16 Å². The second-order valence-corrected chi connectivity index (χ2v) is 9.70. The molecular formula is C19H18ClN3O4S2. The number of halogens is 1. The highest BCUT2D eigenvalue weighted by Crippen LogP contribution is 2.29. The number of hydrogen-bond donors (Lipinski definition) is 2. The van der Waals surface area contributed by atoms with Crippen molar-refractivity contribution in [2.75, 3.05) is 10.0 Å². The van der Waals surface area contributed by atoms with E-state index in [4.69, 9.17) is 16.1 Å². The van der Waals surface area contributed by atoms with Gasteiger partial charge >= 0.3 is 0 Å². The van der Waals surface area contributed by atoms with Crippen molar-refractivity contribution < 1.29 is 17.7 Å². The first-order chi connectivity index (χ1) is 13.7. The minimum absolute atomic E-state index is 0.160. The van der Waals surface area contributed by atoms with Gasteiger partial charge in [0.1, 0.15) is 15.6 Å². The van der Waals surface area contributed by atoms with Crippen LogP contribution in [-0.2, 0) is 14.8 Å². The number of aryl methyl sites for hydroxylation is 2. The largest absolute Gasteiger partial charge is 0.354 e. The number of sulfonamides is 1. The maximum atomic E-state index is 12.7. The third-order valence-corrected chi connectivity index (χ3v) is 7.04. The molecule has 0 saturated heterocycles. The van der Waals surface area contributed by atoms with Gasteiger partial charge in [-0.25, -0.2) is 8.42 Å². The van der Waals surface area contributed by atoms with Crippen molar-refractivity contribution in [3.63, 3.8) is 0 Å². The number of nitrogens with one attached hydrogen (secondary N) is 2. The molecule has 0 atom stereocenters. The van der Waals surface area contributed by atoms with Gasteiger partial charge in [0.2, 0.25) is 5.91 Å². The summed E-state index contributed by atoms with van der Waals surface area (Å²) in [4.78, 5) is 12.0. The van der Waals surface area contributed by atoms with Crippen LogP contribution in [0.25, 0.3) is 12.2 Å². The topological polar surface area (TPSA) is 101 Å². The quantitative estimate of drug-likeness (QED) is 0.553. The number of rotatable bonds is 6. The van der Waals surface area contributed by atoms with Crippen LogP contribution >= 0.6 is 22.9 Å². The summed E-state index contributed by atoms with van der Waals surface area (Å²) in [5, 5.41) is 6.94. The first kappa shape index (κ1) is 21.1. The van der Waals surface area contributed by atoms with Crippen LogP contribution in [0.1, 0.15) is 28.8 Å². The maximum absolute atomic E-state index is 12.7. The van der Waals surface area contributed by atoms with Crippen LogP contribution in [0.3, 0.4) is 0 Å². The predicted molar refractivity (Wildman–Crippen MR) is 116 cm³/mol. The van der Waals surface area contributed by atoms with Crippen LogP contribution in [0.2, 0.25) is 5.02 Å². The Hall–Kier alpha value is -2.62. The molecular weight excluding hydrogens is 434 g/mol. The zero-order chi connectivity index (χ0) is 21.2. The van der Waals surface area contributed by atoms with E-state index in [0.717, 1.165) is 16.9 Å². The molecule has 0 aliphatic heterocycles. The zero-order valence-electron chi connectivity index (χ0n) is 15.8. The third-order valence-electron chi connectivity index (χ3n) is 3.90. The molecule has 2 heterocycles. The predicted octanol–water partition coefficient (Wildman–Crippen LogP) is 4.94. The van der Waals surface area contributed by atoms with Crippen LogP contribution in [0.15, 0.2) is 39.1 Å². The van der Waals surface area contributed by atoms with E-state index in [0.29, 0.717) is 32.7 Å². The Bertz CT molecular complexity index is 1200. The lowest BCUT2D eigenvalue weighted by Gasteiger charge is -2.09. The van der Waals surface area contributed by atoms with Crippen LogP contribution in [0, 0.1) is 13.8 Å². The molecule has 1 aromatic carbocycles. The Morgan fingerprint density at radius 1 is 1.21 bits per heavy atom. The summed E-state index contributed by atoms with van der Waals surface area (Å²) in [7, 11) is -3.75. The second-order valence-electron chi connectivity index (χ2n) is 6.24. The highest BCUT2D eigenvalue weighted by atomic mass is 35.5. The van der Waals surface area contributed by atoms with Crippen molar-refractivity contribution in [1.29, 1.82) is 0 Å². The molecule has 10 heteroatoms. The minimum Gasteiger partial charge on any atom is -0.354 e. The summed E-state index contributed by atoms with van der Waals surface area (Å²) >= 11 is 7.05. The van der Waals surface area contributed by atoms with Gasteiger partial charge in [-0.3, -0.25) is 9.52 Å². The van der Waals surface area contributed by atoms with Crippen LogP contribution in [0.5, 0.6) is 0 Å². The molecule has 0 radical (unpaired) electrons. The van der Waals surface area contributed by atoms with Crippen molar-refractivity contribution in [3.05, 3.63) is 57.2 Å². The molecule has 2 aromatic heterocycles. The van der Waals surface area contributed by atoms with E-state index in [2.05, 4.69) is 15.2 Å². The van der Waals surface area contributed by atoms with E-state index in [1.165, 1.54) is 13.0 Å². The van der Waals surface area contributed by atoms with E-state index in [1.54, 1.807) is 50.3 Å². The minimum atomic E-state index is -3.75. The summed E-state index contributed by atoms with van der Waals surface area (Å²) < 4.78 is 33.3. The number of carbonyl (C=O) groups is 1. The molecule has 0 aliphatic rings. The molecule has 3 aromatic rings. The van der Waals surface area contributed by atoms with Gasteiger partial charge in [0.05, 0.1) is 5.69 Å². The maximum Gasteiger partial charge on any atom is 0.271 e. The summed E-state index contributed by atoms with van der Waals surface area (Å²) in [5.41, 5.74) is 2.23. The Morgan fingerprint density at radius 2 is 1.97 bits per heavy atom.